The first-order chi connectivity index (χ1) is 22.3. The third-order valence-corrected chi connectivity index (χ3v) is 8.90. The summed E-state index contributed by atoms with van der Waals surface area (Å²) in [5.74, 6) is 1.72. The number of fused-ring (bicyclic) bond motifs is 2. The Morgan fingerprint density at radius 2 is 1.83 bits per heavy atom. The Morgan fingerprint density at radius 1 is 1.00 bits per heavy atom. The van der Waals surface area contributed by atoms with Gasteiger partial charge in [0.2, 0.25) is 5.88 Å². The van der Waals surface area contributed by atoms with Crippen LogP contribution in [0, 0.1) is 0 Å². The van der Waals surface area contributed by atoms with Gasteiger partial charge in [0.15, 0.2) is 0 Å². The van der Waals surface area contributed by atoms with Gasteiger partial charge in [-0.25, -0.2) is 14.8 Å². The van der Waals surface area contributed by atoms with Crippen LogP contribution in [0.2, 0.25) is 0 Å². The lowest BCUT2D eigenvalue weighted by Crippen LogP contribution is -2.35. The molecule has 1 atom stereocenters. The number of nitrogens with zero attached hydrogens (tertiary/aromatic N) is 5. The lowest BCUT2D eigenvalue weighted by atomic mass is 9.93. The standard InChI is InChI=1S/C37H41N5O4/c1-37(2,3)46-36(43)26-10-11-32-33(20-26)42(22-29-15-19-44-29)34(39-32)23-41-17-13-25(14-18-41)31-8-5-9-35(40-31)45-24-28-7-4-6-27-21-38-16-12-30(27)28/h4-12,16,20-21,25,29H,13-15,17-19,22-24H2,1-3H3. The molecule has 0 N–H and O–H groups in total. The van der Waals surface area contributed by atoms with E-state index in [0.29, 0.717) is 24.0 Å². The lowest BCUT2D eigenvalue weighted by Gasteiger charge is -2.32. The van der Waals surface area contributed by atoms with Crippen LogP contribution in [0.15, 0.2) is 73.1 Å². The molecule has 2 fully saturated rings. The Hall–Kier alpha value is -4.34. The molecule has 9 nitrogen and oxygen atoms in total. The number of benzene rings is 2. The molecular formula is C37H41N5O4. The largest absolute Gasteiger partial charge is 0.473 e. The second-order valence-corrected chi connectivity index (χ2v) is 13.4. The van der Waals surface area contributed by atoms with Crippen LogP contribution in [0.3, 0.4) is 0 Å². The summed E-state index contributed by atoms with van der Waals surface area (Å²) in [5, 5.41) is 2.26. The van der Waals surface area contributed by atoms with Gasteiger partial charge in [0.05, 0.1) is 35.8 Å². The van der Waals surface area contributed by atoms with Crippen LogP contribution in [-0.2, 0) is 29.2 Å². The fourth-order valence-electron chi connectivity index (χ4n) is 6.39. The van der Waals surface area contributed by atoms with E-state index in [1.54, 1.807) is 0 Å². The van der Waals surface area contributed by atoms with Crippen molar-refractivity contribution in [3.05, 3.63) is 95.7 Å². The molecule has 0 bridgehead atoms. The molecule has 46 heavy (non-hydrogen) atoms. The van der Waals surface area contributed by atoms with E-state index >= 15 is 0 Å². The maximum atomic E-state index is 12.8. The van der Waals surface area contributed by atoms with E-state index in [1.165, 1.54) is 0 Å². The molecule has 2 aliphatic rings. The zero-order valence-electron chi connectivity index (χ0n) is 26.8. The Bertz CT molecular complexity index is 1850. The first-order valence-electron chi connectivity index (χ1n) is 16.3. The van der Waals surface area contributed by atoms with Crippen LogP contribution in [-0.4, -0.2) is 61.8 Å². The van der Waals surface area contributed by atoms with Crippen LogP contribution in [0.1, 0.15) is 73.4 Å². The number of aromatic nitrogens is 4. The van der Waals surface area contributed by atoms with Gasteiger partial charge < -0.3 is 18.8 Å². The number of piperidine rings is 1. The van der Waals surface area contributed by atoms with Gasteiger partial charge in [-0.3, -0.25) is 9.88 Å². The summed E-state index contributed by atoms with van der Waals surface area (Å²) in [7, 11) is 0. The Labute approximate surface area is 269 Å². The topological polar surface area (TPSA) is 91.6 Å². The van der Waals surface area contributed by atoms with Gasteiger partial charge in [-0.2, -0.15) is 0 Å². The highest BCUT2D eigenvalue weighted by Crippen LogP contribution is 2.30. The van der Waals surface area contributed by atoms with Crippen molar-refractivity contribution in [2.24, 2.45) is 0 Å². The summed E-state index contributed by atoms with van der Waals surface area (Å²) in [5.41, 5.74) is 4.03. The number of imidazole rings is 1. The number of hydrogen-bond acceptors (Lipinski definition) is 8. The van der Waals surface area contributed by atoms with Gasteiger partial charge in [-0.15, -0.1) is 0 Å². The van der Waals surface area contributed by atoms with Gasteiger partial charge in [-0.05, 0) is 94.4 Å². The molecule has 1 unspecified atom stereocenters. The number of rotatable bonds is 9. The minimum Gasteiger partial charge on any atom is -0.473 e. The van der Waals surface area contributed by atoms with Crippen molar-refractivity contribution in [1.29, 1.82) is 0 Å². The first kappa shape index (κ1) is 30.3. The summed E-state index contributed by atoms with van der Waals surface area (Å²) < 4.78 is 19.9. The van der Waals surface area contributed by atoms with Crippen LogP contribution < -0.4 is 4.74 Å². The van der Waals surface area contributed by atoms with Crippen molar-refractivity contribution in [1.82, 2.24) is 24.4 Å². The SMILES string of the molecule is CC(C)(C)OC(=O)c1ccc2nc(CN3CCC(c4cccc(OCc5cccc6cnccc56)n4)CC3)n(CC3CCO3)c2c1. The highest BCUT2D eigenvalue weighted by molar-refractivity contribution is 5.94. The second-order valence-electron chi connectivity index (χ2n) is 13.4. The Balaban J connectivity index is 1.02. The average Bonchev–Trinajstić information content (AvgIpc) is 3.37. The summed E-state index contributed by atoms with van der Waals surface area (Å²) >= 11 is 0. The minimum absolute atomic E-state index is 0.172. The molecule has 0 radical (unpaired) electrons. The number of likely N-dealkylation sites (tertiary alicyclic amines) is 1. The predicted molar refractivity (Wildman–Crippen MR) is 177 cm³/mol. The van der Waals surface area contributed by atoms with Crippen molar-refractivity contribution in [2.75, 3.05) is 19.7 Å². The van der Waals surface area contributed by atoms with Crippen molar-refractivity contribution in [3.63, 3.8) is 0 Å². The molecule has 2 aromatic carbocycles. The molecule has 5 aromatic rings. The zero-order chi connectivity index (χ0) is 31.7. The average molecular weight is 620 g/mol. The second kappa shape index (κ2) is 12.8. The number of esters is 1. The molecule has 238 valence electrons. The fourth-order valence-corrected chi connectivity index (χ4v) is 6.39. The van der Waals surface area contributed by atoms with E-state index in [0.717, 1.165) is 90.9 Å². The van der Waals surface area contributed by atoms with Crippen molar-refractivity contribution < 1.29 is 19.0 Å². The van der Waals surface area contributed by atoms with E-state index in [4.69, 9.17) is 24.2 Å². The quantitative estimate of drug-likeness (QED) is 0.169. The van der Waals surface area contributed by atoms with Crippen LogP contribution in [0.25, 0.3) is 21.8 Å². The van der Waals surface area contributed by atoms with E-state index in [2.05, 4.69) is 32.7 Å². The van der Waals surface area contributed by atoms with E-state index in [-0.39, 0.29) is 12.1 Å². The van der Waals surface area contributed by atoms with Gasteiger partial charge in [0.25, 0.3) is 0 Å². The van der Waals surface area contributed by atoms with E-state index in [9.17, 15) is 4.79 Å². The molecule has 9 heteroatoms. The molecule has 0 aliphatic carbocycles. The number of hydrogen-bond donors (Lipinski definition) is 0. The molecule has 3 aromatic heterocycles. The van der Waals surface area contributed by atoms with Crippen molar-refractivity contribution >= 4 is 27.8 Å². The fraction of sp³-hybridized carbons (Fsp3) is 0.405. The van der Waals surface area contributed by atoms with E-state index in [1.807, 2.05) is 75.6 Å². The van der Waals surface area contributed by atoms with Gasteiger partial charge in [0.1, 0.15) is 18.0 Å². The molecule has 0 spiro atoms. The maximum Gasteiger partial charge on any atom is 0.338 e. The number of ether oxygens (including phenoxy) is 3. The normalized spacial score (nSPS) is 17.7. The molecule has 0 saturated carbocycles. The van der Waals surface area contributed by atoms with Crippen molar-refractivity contribution in [3.8, 4) is 5.88 Å². The molecular weight excluding hydrogens is 578 g/mol. The molecule has 2 aliphatic heterocycles. The summed E-state index contributed by atoms with van der Waals surface area (Å²) in [6.07, 6.45) is 6.93. The summed E-state index contributed by atoms with van der Waals surface area (Å²) in [6, 6.07) is 20.0. The molecule has 7 rings (SSSR count). The minimum atomic E-state index is -0.553. The van der Waals surface area contributed by atoms with Gasteiger partial charge >= 0.3 is 5.97 Å². The van der Waals surface area contributed by atoms with Gasteiger partial charge in [-0.1, -0.05) is 24.3 Å². The number of carbonyl (C=O) groups is 1. The van der Waals surface area contributed by atoms with Crippen molar-refractivity contribution in [2.45, 2.75) is 77.4 Å². The smallest absolute Gasteiger partial charge is 0.338 e. The summed E-state index contributed by atoms with van der Waals surface area (Å²) in [4.78, 5) is 29.5. The van der Waals surface area contributed by atoms with Crippen LogP contribution in [0.4, 0.5) is 0 Å². The Morgan fingerprint density at radius 3 is 2.61 bits per heavy atom. The maximum absolute atomic E-state index is 12.8. The van der Waals surface area contributed by atoms with Crippen LogP contribution in [0.5, 0.6) is 5.88 Å². The first-order valence-corrected chi connectivity index (χ1v) is 16.3. The van der Waals surface area contributed by atoms with Gasteiger partial charge in [0, 0.05) is 42.1 Å². The highest BCUT2D eigenvalue weighted by Gasteiger charge is 2.27. The van der Waals surface area contributed by atoms with E-state index < -0.39 is 5.60 Å². The highest BCUT2D eigenvalue weighted by atomic mass is 16.6. The number of pyridine rings is 2. The van der Waals surface area contributed by atoms with Crippen LogP contribution >= 0.6 is 0 Å². The molecule has 2 saturated heterocycles. The molecule has 5 heterocycles. The monoisotopic (exact) mass is 619 g/mol. The zero-order valence-corrected chi connectivity index (χ0v) is 26.8. The Kier molecular flexibility index (Phi) is 8.44. The third-order valence-electron chi connectivity index (χ3n) is 8.90. The summed E-state index contributed by atoms with van der Waals surface area (Å²) in [6.45, 7) is 10.3. The molecule has 0 amide bonds. The third kappa shape index (κ3) is 6.76. The lowest BCUT2D eigenvalue weighted by molar-refractivity contribution is -0.0592. The number of carbonyl (C=O) groups excluding carboxylic acids is 1. The predicted octanol–water partition coefficient (Wildman–Crippen LogP) is 6.68.